The first-order valence-electron chi connectivity index (χ1n) is 9.30. The normalized spacial score (nSPS) is 24.4. The number of aliphatic imine (C=N–C) groups is 1. The molecule has 25 heavy (non-hydrogen) atoms. The van der Waals surface area contributed by atoms with Crippen LogP contribution in [-0.2, 0) is 6.54 Å². The van der Waals surface area contributed by atoms with E-state index in [2.05, 4.69) is 39.6 Å². The highest BCUT2D eigenvalue weighted by Gasteiger charge is 2.24. The lowest BCUT2D eigenvalue weighted by Crippen LogP contribution is -2.42. The summed E-state index contributed by atoms with van der Waals surface area (Å²) in [5.74, 6) is 3.47. The average Bonchev–Trinajstić information content (AvgIpc) is 2.94. The number of nitrogens with one attached hydrogen (secondary N) is 2. The van der Waals surface area contributed by atoms with Gasteiger partial charge in [0.1, 0.15) is 11.6 Å². The van der Waals surface area contributed by atoms with Gasteiger partial charge in [-0.15, -0.1) is 24.0 Å². The lowest BCUT2D eigenvalue weighted by atomic mass is 9.99. The first-order valence-corrected chi connectivity index (χ1v) is 9.30. The molecule has 0 aliphatic carbocycles. The molecule has 0 radical (unpaired) electrons. The van der Waals surface area contributed by atoms with Crippen LogP contribution in [0.3, 0.4) is 0 Å². The molecule has 1 aromatic rings. The number of likely N-dealkylation sites (tertiary alicyclic amines) is 1. The Balaban J connectivity index is 0.00000225. The van der Waals surface area contributed by atoms with Gasteiger partial charge >= 0.3 is 0 Å². The van der Waals surface area contributed by atoms with Crippen molar-refractivity contribution in [3.05, 3.63) is 11.6 Å². The molecule has 2 N–H and O–H groups in total. The fourth-order valence-electron chi connectivity index (χ4n) is 3.73. The van der Waals surface area contributed by atoms with Gasteiger partial charge in [0.2, 0.25) is 0 Å². The van der Waals surface area contributed by atoms with Crippen LogP contribution in [0.2, 0.25) is 0 Å². The van der Waals surface area contributed by atoms with Crippen molar-refractivity contribution < 1.29 is 0 Å². The average molecular weight is 461 g/mol. The van der Waals surface area contributed by atoms with Crippen LogP contribution in [-0.4, -0.2) is 58.9 Å². The molecule has 1 aromatic heterocycles. The molecule has 2 atom stereocenters. The van der Waals surface area contributed by atoms with Gasteiger partial charge in [0.15, 0.2) is 5.96 Å². The molecule has 8 heteroatoms. The summed E-state index contributed by atoms with van der Waals surface area (Å²) in [4.78, 5) is 11.9. The molecular formula is C17H32IN7. The molecule has 0 bridgehead atoms. The van der Waals surface area contributed by atoms with E-state index in [1.807, 2.05) is 11.6 Å². The Morgan fingerprint density at radius 2 is 2.08 bits per heavy atom. The van der Waals surface area contributed by atoms with Crippen molar-refractivity contribution in [2.45, 2.75) is 52.1 Å². The predicted octanol–water partition coefficient (Wildman–Crippen LogP) is 1.94. The number of guanidine groups is 1. The molecule has 7 nitrogen and oxygen atoms in total. The van der Waals surface area contributed by atoms with Gasteiger partial charge in [0.05, 0.1) is 6.04 Å². The van der Waals surface area contributed by atoms with Gasteiger partial charge in [-0.3, -0.25) is 4.99 Å². The molecule has 2 unspecified atom stereocenters. The molecule has 142 valence electrons. The van der Waals surface area contributed by atoms with Crippen molar-refractivity contribution in [2.75, 3.05) is 33.2 Å². The molecular weight excluding hydrogens is 429 g/mol. The summed E-state index contributed by atoms with van der Waals surface area (Å²) >= 11 is 0. The first kappa shape index (κ1) is 20.4. The Labute approximate surface area is 168 Å². The third-order valence-electron chi connectivity index (χ3n) is 4.87. The van der Waals surface area contributed by atoms with Crippen molar-refractivity contribution >= 4 is 29.9 Å². The van der Waals surface area contributed by atoms with Crippen molar-refractivity contribution in [1.29, 1.82) is 0 Å². The van der Waals surface area contributed by atoms with Gasteiger partial charge in [-0.2, -0.15) is 5.10 Å². The van der Waals surface area contributed by atoms with Crippen molar-refractivity contribution in [3.8, 4) is 0 Å². The smallest absolute Gasteiger partial charge is 0.191 e. The van der Waals surface area contributed by atoms with Crippen LogP contribution in [0.4, 0.5) is 0 Å². The standard InChI is InChI=1S/C17H31N7.HI/c1-4-18-17(19-11-14-7-5-9-23(3)12-14)21-15-8-6-10-24-16(15)20-13(2)22-24;/h14-15H,4-12H2,1-3H3,(H2,18,19,21);1H. The minimum atomic E-state index is 0. The van der Waals surface area contributed by atoms with Crippen LogP contribution in [0, 0.1) is 12.8 Å². The molecule has 1 fully saturated rings. The molecule has 1 saturated heterocycles. The maximum atomic E-state index is 4.86. The van der Waals surface area contributed by atoms with Gasteiger partial charge in [-0.1, -0.05) is 0 Å². The lowest BCUT2D eigenvalue weighted by molar-refractivity contribution is 0.214. The number of aromatic nitrogens is 3. The lowest BCUT2D eigenvalue weighted by Gasteiger charge is -2.29. The summed E-state index contributed by atoms with van der Waals surface area (Å²) in [5, 5.41) is 11.4. The van der Waals surface area contributed by atoms with E-state index in [4.69, 9.17) is 4.99 Å². The molecule has 0 saturated carbocycles. The summed E-state index contributed by atoms with van der Waals surface area (Å²) in [6, 6.07) is 0.201. The molecule has 3 rings (SSSR count). The number of hydrogen-bond acceptors (Lipinski definition) is 4. The third-order valence-corrected chi connectivity index (χ3v) is 4.87. The Morgan fingerprint density at radius 3 is 2.84 bits per heavy atom. The van der Waals surface area contributed by atoms with Crippen LogP contribution in [0.1, 0.15) is 50.3 Å². The van der Waals surface area contributed by atoms with Gasteiger partial charge in [0.25, 0.3) is 0 Å². The summed E-state index contributed by atoms with van der Waals surface area (Å²) in [5.41, 5.74) is 0. The van der Waals surface area contributed by atoms with Crippen LogP contribution < -0.4 is 10.6 Å². The van der Waals surface area contributed by atoms with Gasteiger partial charge in [0, 0.05) is 26.2 Å². The highest BCUT2D eigenvalue weighted by Crippen LogP contribution is 2.23. The summed E-state index contributed by atoms with van der Waals surface area (Å²) in [7, 11) is 2.20. The number of rotatable bonds is 4. The molecule has 3 heterocycles. The molecule has 0 amide bonds. The Hall–Kier alpha value is -0.900. The fraction of sp³-hybridized carbons (Fsp3) is 0.824. The largest absolute Gasteiger partial charge is 0.357 e. The zero-order valence-corrected chi connectivity index (χ0v) is 18.0. The first-order chi connectivity index (χ1) is 11.7. The van der Waals surface area contributed by atoms with E-state index < -0.39 is 0 Å². The van der Waals surface area contributed by atoms with Crippen LogP contribution in [0.25, 0.3) is 0 Å². The summed E-state index contributed by atoms with van der Waals surface area (Å²) in [6.45, 7) is 9.17. The number of hydrogen-bond donors (Lipinski definition) is 2. The maximum Gasteiger partial charge on any atom is 0.191 e. The topological polar surface area (TPSA) is 70.4 Å². The minimum Gasteiger partial charge on any atom is -0.357 e. The molecule has 0 spiro atoms. The number of aryl methyl sites for hydroxylation is 2. The zero-order chi connectivity index (χ0) is 16.9. The van der Waals surface area contributed by atoms with E-state index in [-0.39, 0.29) is 30.0 Å². The summed E-state index contributed by atoms with van der Waals surface area (Å²) in [6.07, 6.45) is 4.77. The molecule has 2 aliphatic heterocycles. The second-order valence-electron chi connectivity index (χ2n) is 7.07. The van der Waals surface area contributed by atoms with Crippen LogP contribution in [0.15, 0.2) is 4.99 Å². The van der Waals surface area contributed by atoms with E-state index in [0.717, 1.165) is 56.6 Å². The Bertz CT molecular complexity index is 571. The number of nitrogens with zero attached hydrogens (tertiary/aromatic N) is 5. The maximum absolute atomic E-state index is 4.86. The van der Waals surface area contributed by atoms with Crippen LogP contribution >= 0.6 is 24.0 Å². The van der Waals surface area contributed by atoms with Gasteiger partial charge in [-0.25, -0.2) is 9.67 Å². The number of halogens is 1. The number of fused-ring (bicyclic) bond motifs is 1. The highest BCUT2D eigenvalue weighted by atomic mass is 127. The van der Waals surface area contributed by atoms with E-state index in [0.29, 0.717) is 5.92 Å². The van der Waals surface area contributed by atoms with E-state index in [1.54, 1.807) is 0 Å². The third kappa shape index (κ3) is 5.54. The van der Waals surface area contributed by atoms with E-state index in [1.165, 1.54) is 19.4 Å². The second-order valence-corrected chi connectivity index (χ2v) is 7.07. The molecule has 2 aliphatic rings. The van der Waals surface area contributed by atoms with Crippen molar-refractivity contribution in [2.24, 2.45) is 10.9 Å². The Kier molecular flexibility index (Phi) is 7.92. The second kappa shape index (κ2) is 9.70. The van der Waals surface area contributed by atoms with Gasteiger partial charge < -0.3 is 15.5 Å². The zero-order valence-electron chi connectivity index (χ0n) is 15.7. The monoisotopic (exact) mass is 461 g/mol. The fourth-order valence-corrected chi connectivity index (χ4v) is 3.73. The summed E-state index contributed by atoms with van der Waals surface area (Å²) < 4.78 is 2.04. The quantitative estimate of drug-likeness (QED) is 0.408. The molecule has 0 aromatic carbocycles. The van der Waals surface area contributed by atoms with E-state index in [9.17, 15) is 0 Å². The highest BCUT2D eigenvalue weighted by molar-refractivity contribution is 14.0. The Morgan fingerprint density at radius 1 is 1.28 bits per heavy atom. The van der Waals surface area contributed by atoms with Crippen LogP contribution in [0.5, 0.6) is 0 Å². The predicted molar refractivity (Wildman–Crippen MR) is 111 cm³/mol. The SMILES string of the molecule is CCNC(=NCC1CCCN(C)C1)NC1CCCn2nc(C)nc21.I. The van der Waals surface area contributed by atoms with Crippen molar-refractivity contribution in [1.82, 2.24) is 30.3 Å². The van der Waals surface area contributed by atoms with E-state index >= 15 is 0 Å². The van der Waals surface area contributed by atoms with Crippen molar-refractivity contribution in [3.63, 3.8) is 0 Å². The number of piperidine rings is 1. The minimum absolute atomic E-state index is 0. The van der Waals surface area contributed by atoms with Gasteiger partial charge in [-0.05, 0) is 59.0 Å².